The molecular formula is C30H30F2N4O4. The van der Waals surface area contributed by atoms with Gasteiger partial charge in [0.15, 0.2) is 11.4 Å². The molecular weight excluding hydrogens is 518 g/mol. The van der Waals surface area contributed by atoms with Crippen LogP contribution in [0.4, 0.5) is 8.78 Å². The minimum absolute atomic E-state index is 0.0437. The molecule has 10 heteroatoms. The van der Waals surface area contributed by atoms with E-state index in [1.165, 1.54) is 5.56 Å². The van der Waals surface area contributed by atoms with Crippen molar-refractivity contribution in [3.63, 3.8) is 0 Å². The molecule has 0 aliphatic carbocycles. The van der Waals surface area contributed by atoms with Gasteiger partial charge in [-0.05, 0) is 53.8 Å². The Labute approximate surface area is 229 Å². The molecule has 4 aromatic rings. The smallest absolute Gasteiger partial charge is 0.275 e. The van der Waals surface area contributed by atoms with E-state index < -0.39 is 46.7 Å². The van der Waals surface area contributed by atoms with Crippen molar-refractivity contribution in [2.45, 2.75) is 38.5 Å². The quantitative estimate of drug-likeness (QED) is 0.229. The number of para-hydroxylation sites is 1. The van der Waals surface area contributed by atoms with Crippen molar-refractivity contribution in [3.8, 4) is 11.4 Å². The van der Waals surface area contributed by atoms with Crippen LogP contribution in [-0.2, 0) is 19.4 Å². The molecule has 0 aliphatic heterocycles. The van der Waals surface area contributed by atoms with Crippen LogP contribution >= 0.6 is 0 Å². The lowest BCUT2D eigenvalue weighted by Gasteiger charge is -2.25. The number of amides is 1. The summed E-state index contributed by atoms with van der Waals surface area (Å²) in [6.45, 7) is 2.55. The molecule has 0 unspecified atom stereocenters. The van der Waals surface area contributed by atoms with Gasteiger partial charge in [-0.2, -0.15) is 9.78 Å². The summed E-state index contributed by atoms with van der Waals surface area (Å²) in [6, 6.07) is 19.1. The fourth-order valence-electron chi connectivity index (χ4n) is 4.33. The number of halogens is 2. The molecule has 1 aromatic heterocycles. The summed E-state index contributed by atoms with van der Waals surface area (Å²) in [6.07, 6.45) is -0.423. The van der Waals surface area contributed by atoms with E-state index in [-0.39, 0.29) is 18.5 Å². The fraction of sp³-hybridized carbons (Fsp3) is 0.233. The van der Waals surface area contributed by atoms with Gasteiger partial charge in [0.05, 0.1) is 17.8 Å². The van der Waals surface area contributed by atoms with Crippen molar-refractivity contribution in [1.29, 1.82) is 0 Å². The number of aliphatic hydroxyl groups excluding tert-OH is 1. The van der Waals surface area contributed by atoms with E-state index in [2.05, 4.69) is 22.7 Å². The number of aryl methyl sites for hydroxylation is 1. The molecule has 0 saturated heterocycles. The molecule has 1 amide bonds. The first-order valence-electron chi connectivity index (χ1n) is 12.8. The van der Waals surface area contributed by atoms with Gasteiger partial charge in [0, 0.05) is 25.2 Å². The molecule has 0 fully saturated rings. The number of aliphatic hydroxyl groups is 1. The van der Waals surface area contributed by atoms with E-state index >= 15 is 0 Å². The van der Waals surface area contributed by atoms with Gasteiger partial charge in [-0.1, -0.05) is 49.4 Å². The molecule has 1 heterocycles. The molecule has 40 heavy (non-hydrogen) atoms. The molecule has 208 valence electrons. The van der Waals surface area contributed by atoms with Gasteiger partial charge in [0.25, 0.3) is 11.5 Å². The summed E-state index contributed by atoms with van der Waals surface area (Å²) in [4.78, 5) is 25.7. The van der Waals surface area contributed by atoms with E-state index in [1.54, 1.807) is 30.3 Å². The zero-order chi connectivity index (χ0) is 28.6. The topological polar surface area (TPSA) is 116 Å². The monoisotopic (exact) mass is 548 g/mol. The molecule has 3 aromatic carbocycles. The highest BCUT2D eigenvalue weighted by Crippen LogP contribution is 2.16. The highest BCUT2D eigenvalue weighted by molar-refractivity contribution is 5.94. The summed E-state index contributed by atoms with van der Waals surface area (Å²) in [5.41, 5.74) is 1.67. The summed E-state index contributed by atoms with van der Waals surface area (Å²) in [7, 11) is 0. The van der Waals surface area contributed by atoms with Gasteiger partial charge in [-0.15, -0.1) is 0 Å². The first kappa shape index (κ1) is 28.6. The van der Waals surface area contributed by atoms with E-state index in [4.69, 9.17) is 0 Å². The third-order valence-corrected chi connectivity index (χ3v) is 6.37. The Kier molecular flexibility index (Phi) is 9.36. The highest BCUT2D eigenvalue weighted by Gasteiger charge is 2.26. The zero-order valence-electron chi connectivity index (χ0n) is 21.8. The number of carbonyl (C=O) groups excluding carboxylic acids is 1. The van der Waals surface area contributed by atoms with E-state index in [1.807, 2.05) is 24.3 Å². The Morgan fingerprint density at radius 2 is 1.65 bits per heavy atom. The Morgan fingerprint density at radius 1 is 0.950 bits per heavy atom. The van der Waals surface area contributed by atoms with E-state index in [9.17, 15) is 28.6 Å². The average molecular weight is 549 g/mol. The lowest BCUT2D eigenvalue weighted by Crippen LogP contribution is -2.49. The Hall–Kier alpha value is -4.41. The van der Waals surface area contributed by atoms with Gasteiger partial charge in [0.1, 0.15) is 11.6 Å². The van der Waals surface area contributed by atoms with Crippen LogP contribution in [0.3, 0.4) is 0 Å². The normalized spacial score (nSPS) is 12.6. The van der Waals surface area contributed by atoms with Gasteiger partial charge in [0.2, 0.25) is 0 Å². The van der Waals surface area contributed by atoms with Gasteiger partial charge in [-0.25, -0.2) is 8.78 Å². The summed E-state index contributed by atoms with van der Waals surface area (Å²) >= 11 is 0. The van der Waals surface area contributed by atoms with E-state index in [0.29, 0.717) is 12.2 Å². The molecule has 4 N–H and O–H groups in total. The number of hydrogen-bond acceptors (Lipinski definition) is 6. The maximum Gasteiger partial charge on any atom is 0.275 e. The zero-order valence-corrected chi connectivity index (χ0v) is 21.8. The number of benzene rings is 3. The summed E-state index contributed by atoms with van der Waals surface area (Å²) in [5.74, 6) is -3.11. The standard InChI is InChI=1S/C30H30F2N4O4/c1-2-19-7-6-8-20(11-19)17-33-18-27(38)25(14-21-12-22(31)15-23(32)13-21)34-30(40)29-26(37)16-28(39)36(35-29)24-9-4-3-5-10-24/h3-13,15-16,25,27,33,37-38H,2,14,17-18H2,1H3,(H,34,40)/t25-,27+/m0/s1. The van der Waals surface area contributed by atoms with Crippen LogP contribution in [0, 0.1) is 11.6 Å². The molecule has 0 bridgehead atoms. The number of aromatic hydroxyl groups is 1. The Bertz CT molecular complexity index is 1510. The number of nitrogens with one attached hydrogen (secondary N) is 2. The first-order chi connectivity index (χ1) is 19.2. The molecule has 0 aliphatic rings. The van der Waals surface area contributed by atoms with Crippen molar-refractivity contribution in [2.75, 3.05) is 6.54 Å². The molecule has 8 nitrogen and oxygen atoms in total. The van der Waals surface area contributed by atoms with Crippen molar-refractivity contribution >= 4 is 5.91 Å². The third-order valence-electron chi connectivity index (χ3n) is 6.37. The van der Waals surface area contributed by atoms with Crippen LogP contribution < -0.4 is 16.2 Å². The number of aromatic nitrogens is 2. The maximum absolute atomic E-state index is 13.9. The van der Waals surface area contributed by atoms with Crippen molar-refractivity contribution < 1.29 is 23.8 Å². The maximum atomic E-state index is 13.9. The van der Waals surface area contributed by atoms with Crippen molar-refractivity contribution in [1.82, 2.24) is 20.4 Å². The van der Waals surface area contributed by atoms with Crippen LogP contribution in [0.2, 0.25) is 0 Å². The number of hydrogen-bond donors (Lipinski definition) is 4. The van der Waals surface area contributed by atoms with Crippen LogP contribution in [0.5, 0.6) is 5.75 Å². The summed E-state index contributed by atoms with van der Waals surface area (Å²) < 4.78 is 28.7. The second-order valence-electron chi connectivity index (χ2n) is 9.40. The first-order valence-corrected chi connectivity index (χ1v) is 12.8. The molecule has 0 radical (unpaired) electrons. The van der Waals surface area contributed by atoms with Crippen molar-refractivity contribution in [3.05, 3.63) is 123 Å². The predicted octanol–water partition coefficient (Wildman–Crippen LogP) is 3.27. The van der Waals surface area contributed by atoms with Crippen LogP contribution in [0.1, 0.15) is 34.1 Å². The van der Waals surface area contributed by atoms with Gasteiger partial charge < -0.3 is 20.8 Å². The second-order valence-corrected chi connectivity index (χ2v) is 9.40. The Morgan fingerprint density at radius 3 is 2.35 bits per heavy atom. The van der Waals surface area contributed by atoms with E-state index in [0.717, 1.165) is 40.9 Å². The molecule has 4 rings (SSSR count). The SMILES string of the molecule is CCc1cccc(CNC[C@@H](O)[C@H](Cc2cc(F)cc(F)c2)NC(=O)c2nn(-c3ccccc3)c(=O)cc2O)c1. The average Bonchev–Trinajstić information content (AvgIpc) is 2.92. The number of carbonyl (C=O) groups is 1. The van der Waals surface area contributed by atoms with Gasteiger partial charge >= 0.3 is 0 Å². The Balaban J connectivity index is 1.55. The summed E-state index contributed by atoms with van der Waals surface area (Å²) in [5, 5.41) is 31.2. The lowest BCUT2D eigenvalue weighted by atomic mass is 10.00. The number of nitrogens with zero attached hydrogens (tertiary/aromatic N) is 2. The fourth-order valence-corrected chi connectivity index (χ4v) is 4.33. The van der Waals surface area contributed by atoms with Gasteiger partial charge in [-0.3, -0.25) is 9.59 Å². The number of rotatable bonds is 11. The minimum Gasteiger partial charge on any atom is -0.505 e. The predicted molar refractivity (Wildman–Crippen MR) is 146 cm³/mol. The van der Waals surface area contributed by atoms with Crippen LogP contribution in [0.25, 0.3) is 5.69 Å². The highest BCUT2D eigenvalue weighted by atomic mass is 19.1. The minimum atomic E-state index is -1.19. The third kappa shape index (κ3) is 7.37. The van der Waals surface area contributed by atoms with Crippen LogP contribution in [-0.4, -0.2) is 44.6 Å². The molecule has 0 spiro atoms. The molecule has 0 saturated carbocycles. The van der Waals surface area contributed by atoms with Crippen molar-refractivity contribution in [2.24, 2.45) is 0 Å². The largest absolute Gasteiger partial charge is 0.505 e. The lowest BCUT2D eigenvalue weighted by molar-refractivity contribution is 0.0820. The second kappa shape index (κ2) is 13.1. The van der Waals surface area contributed by atoms with Crippen LogP contribution in [0.15, 0.2) is 83.7 Å². The molecule has 2 atom stereocenters.